The second-order valence-corrected chi connectivity index (χ2v) is 5.79. The van der Waals surface area contributed by atoms with Gasteiger partial charge in [0.25, 0.3) is 0 Å². The third kappa shape index (κ3) is 2.86. The van der Waals surface area contributed by atoms with Gasteiger partial charge in [0.2, 0.25) is 0 Å². The highest BCUT2D eigenvalue weighted by molar-refractivity contribution is 5.86. The first-order chi connectivity index (χ1) is 7.69. The van der Waals surface area contributed by atoms with Crippen LogP contribution in [0.1, 0.15) is 47.0 Å². The quantitative estimate of drug-likeness (QED) is 0.762. The molecule has 2 atom stereocenters. The molecule has 0 amide bonds. The maximum Gasteiger partial charge on any atom is 0.302 e. The van der Waals surface area contributed by atoms with Crippen LogP contribution < -0.4 is 0 Å². The van der Waals surface area contributed by atoms with Gasteiger partial charge in [-0.05, 0) is 18.3 Å². The van der Waals surface area contributed by atoms with E-state index in [9.17, 15) is 14.7 Å². The van der Waals surface area contributed by atoms with Crippen LogP contribution in [0.5, 0.6) is 0 Å². The van der Waals surface area contributed by atoms with Crippen molar-refractivity contribution < 1.29 is 19.4 Å². The fourth-order valence-corrected chi connectivity index (χ4v) is 2.69. The number of hydrogen-bond acceptors (Lipinski definition) is 4. The van der Waals surface area contributed by atoms with Crippen LogP contribution in [-0.4, -0.2) is 29.6 Å². The van der Waals surface area contributed by atoms with Crippen molar-refractivity contribution in [1.29, 1.82) is 0 Å². The summed E-state index contributed by atoms with van der Waals surface area (Å²) in [6.07, 6.45) is 0.959. The normalized spacial score (nSPS) is 31.2. The minimum Gasteiger partial charge on any atom is -0.465 e. The highest BCUT2D eigenvalue weighted by atomic mass is 16.5. The minimum absolute atomic E-state index is 0.0697. The Hall–Kier alpha value is -0.900. The van der Waals surface area contributed by atoms with E-state index in [0.717, 1.165) is 0 Å². The van der Waals surface area contributed by atoms with Crippen LogP contribution in [0.25, 0.3) is 0 Å². The average molecular weight is 242 g/mol. The Morgan fingerprint density at radius 3 is 2.29 bits per heavy atom. The van der Waals surface area contributed by atoms with E-state index >= 15 is 0 Å². The fourth-order valence-electron chi connectivity index (χ4n) is 2.69. The Morgan fingerprint density at radius 1 is 1.29 bits per heavy atom. The Labute approximate surface area is 102 Å². The molecule has 1 aliphatic carbocycles. The molecule has 4 nitrogen and oxygen atoms in total. The molecule has 0 aliphatic heterocycles. The van der Waals surface area contributed by atoms with Gasteiger partial charge in [-0.1, -0.05) is 20.8 Å². The number of aliphatic hydroxyl groups is 1. The number of esters is 1. The molecule has 0 radical (unpaired) electrons. The van der Waals surface area contributed by atoms with Crippen molar-refractivity contribution in [2.45, 2.75) is 53.1 Å². The number of rotatable bonds is 4. The first kappa shape index (κ1) is 14.2. The molecule has 0 heterocycles. The molecule has 1 aliphatic rings. The lowest BCUT2D eigenvalue weighted by atomic mass is 9.66. The molecule has 1 rings (SSSR count). The molecule has 1 fully saturated rings. The summed E-state index contributed by atoms with van der Waals surface area (Å²) in [5.74, 6) is -0.297. The molecule has 0 unspecified atom stereocenters. The predicted molar refractivity (Wildman–Crippen MR) is 63.4 cm³/mol. The van der Waals surface area contributed by atoms with Gasteiger partial charge in [-0.15, -0.1) is 0 Å². The van der Waals surface area contributed by atoms with Crippen LogP contribution in [-0.2, 0) is 14.3 Å². The third-order valence-electron chi connectivity index (χ3n) is 4.13. The minimum atomic E-state index is -0.521. The predicted octanol–water partition coefficient (Wildman–Crippen LogP) is 1.70. The monoisotopic (exact) mass is 242 g/mol. The Kier molecular flexibility index (Phi) is 3.97. The molecule has 17 heavy (non-hydrogen) atoms. The van der Waals surface area contributed by atoms with E-state index in [2.05, 4.69) is 0 Å². The molecule has 1 N–H and O–H groups in total. The summed E-state index contributed by atoms with van der Waals surface area (Å²) >= 11 is 0. The first-order valence-corrected chi connectivity index (χ1v) is 6.04. The Morgan fingerprint density at radius 2 is 1.88 bits per heavy atom. The zero-order valence-electron chi connectivity index (χ0n) is 11.1. The van der Waals surface area contributed by atoms with Crippen LogP contribution >= 0.6 is 0 Å². The lowest BCUT2D eigenvalue weighted by Gasteiger charge is -2.36. The number of ketones is 1. The van der Waals surface area contributed by atoms with Crippen LogP contribution in [0, 0.1) is 10.8 Å². The van der Waals surface area contributed by atoms with E-state index < -0.39 is 11.5 Å². The summed E-state index contributed by atoms with van der Waals surface area (Å²) < 4.78 is 4.79. The second kappa shape index (κ2) is 4.77. The van der Waals surface area contributed by atoms with Crippen molar-refractivity contribution in [2.75, 3.05) is 6.61 Å². The topological polar surface area (TPSA) is 63.6 Å². The Balaban J connectivity index is 2.64. The molecule has 0 aromatic carbocycles. The highest BCUT2D eigenvalue weighted by Crippen LogP contribution is 2.53. The number of hydrogen-bond donors (Lipinski definition) is 1. The van der Waals surface area contributed by atoms with Gasteiger partial charge in [0.05, 0.1) is 12.7 Å². The molecule has 0 spiro atoms. The van der Waals surface area contributed by atoms with Crippen molar-refractivity contribution in [3.63, 3.8) is 0 Å². The van der Waals surface area contributed by atoms with Gasteiger partial charge >= 0.3 is 5.97 Å². The largest absolute Gasteiger partial charge is 0.465 e. The molecule has 0 saturated heterocycles. The number of aliphatic hydroxyl groups excluding tert-OH is 1. The summed E-state index contributed by atoms with van der Waals surface area (Å²) in [7, 11) is 0. The van der Waals surface area contributed by atoms with E-state index in [0.29, 0.717) is 12.8 Å². The summed E-state index contributed by atoms with van der Waals surface area (Å²) in [6, 6.07) is 0. The molecule has 0 bridgehead atoms. The highest BCUT2D eigenvalue weighted by Gasteiger charge is 2.53. The second-order valence-electron chi connectivity index (χ2n) is 5.79. The molecule has 4 heteroatoms. The molecule has 1 saturated carbocycles. The van der Waals surface area contributed by atoms with E-state index in [4.69, 9.17) is 4.74 Å². The molecule has 0 aromatic rings. The number of ether oxygens (including phenoxy) is 1. The molecular weight excluding hydrogens is 220 g/mol. The van der Waals surface area contributed by atoms with Gasteiger partial charge in [0, 0.05) is 18.8 Å². The van der Waals surface area contributed by atoms with Crippen molar-refractivity contribution in [3.8, 4) is 0 Å². The van der Waals surface area contributed by atoms with Gasteiger partial charge in [-0.25, -0.2) is 0 Å². The zero-order valence-corrected chi connectivity index (χ0v) is 11.1. The maximum absolute atomic E-state index is 12.2. The van der Waals surface area contributed by atoms with E-state index in [1.54, 1.807) is 0 Å². The third-order valence-corrected chi connectivity index (χ3v) is 4.13. The molecule has 98 valence electrons. The summed E-state index contributed by atoms with van der Waals surface area (Å²) in [5.41, 5.74) is -0.730. The van der Waals surface area contributed by atoms with Crippen LogP contribution in [0.2, 0.25) is 0 Å². The van der Waals surface area contributed by atoms with E-state index in [1.165, 1.54) is 6.92 Å². The van der Waals surface area contributed by atoms with Gasteiger partial charge < -0.3 is 9.84 Å². The average Bonchev–Trinajstić information content (AvgIpc) is 2.35. The lowest BCUT2D eigenvalue weighted by Crippen LogP contribution is -2.38. The SMILES string of the molecule is CC(=O)OCCC(=O)[C@]1(C)C[C@@H](O)CC1(C)C. The van der Waals surface area contributed by atoms with Gasteiger partial charge in [0.15, 0.2) is 0 Å². The standard InChI is InChI=1S/C13H22O4/c1-9(14)17-6-5-11(16)13(4)8-10(15)7-12(13,2)3/h10,15H,5-8H2,1-4H3/t10-,13-/m0/s1. The first-order valence-electron chi connectivity index (χ1n) is 6.04. The van der Waals surface area contributed by atoms with Gasteiger partial charge in [-0.2, -0.15) is 0 Å². The fraction of sp³-hybridized carbons (Fsp3) is 0.846. The van der Waals surface area contributed by atoms with E-state index in [1.807, 2.05) is 20.8 Å². The molecular formula is C13H22O4. The van der Waals surface area contributed by atoms with Crippen molar-refractivity contribution in [1.82, 2.24) is 0 Å². The van der Waals surface area contributed by atoms with Crippen molar-refractivity contribution in [2.24, 2.45) is 10.8 Å². The summed E-state index contributed by atoms with van der Waals surface area (Å²) in [6.45, 7) is 7.38. The summed E-state index contributed by atoms with van der Waals surface area (Å²) in [4.78, 5) is 22.8. The summed E-state index contributed by atoms with van der Waals surface area (Å²) in [5, 5.41) is 9.73. The van der Waals surface area contributed by atoms with Crippen LogP contribution in [0.4, 0.5) is 0 Å². The maximum atomic E-state index is 12.2. The number of carbonyl (C=O) groups excluding carboxylic acids is 2. The van der Waals surface area contributed by atoms with E-state index in [-0.39, 0.29) is 30.2 Å². The Bertz CT molecular complexity index is 321. The van der Waals surface area contributed by atoms with Crippen LogP contribution in [0.15, 0.2) is 0 Å². The number of Topliss-reactive ketones (excluding diaryl/α,β-unsaturated/α-hetero) is 1. The smallest absolute Gasteiger partial charge is 0.302 e. The van der Waals surface area contributed by atoms with Gasteiger partial charge in [0.1, 0.15) is 5.78 Å². The number of carbonyl (C=O) groups is 2. The molecule has 0 aromatic heterocycles. The zero-order chi connectivity index (χ0) is 13.3. The van der Waals surface area contributed by atoms with Crippen molar-refractivity contribution >= 4 is 11.8 Å². The van der Waals surface area contributed by atoms with Crippen LogP contribution in [0.3, 0.4) is 0 Å². The van der Waals surface area contributed by atoms with Crippen molar-refractivity contribution in [3.05, 3.63) is 0 Å². The van der Waals surface area contributed by atoms with Gasteiger partial charge in [-0.3, -0.25) is 9.59 Å². The lowest BCUT2D eigenvalue weighted by molar-refractivity contribution is -0.143.